The number of anilines is 1. The Balaban J connectivity index is 1.85. The van der Waals surface area contributed by atoms with Gasteiger partial charge in [-0.3, -0.25) is 9.59 Å². The van der Waals surface area contributed by atoms with Crippen LogP contribution < -0.4 is 10.7 Å². The Labute approximate surface area is 149 Å². The molecule has 2 N–H and O–H groups in total. The van der Waals surface area contributed by atoms with Crippen LogP contribution in [0, 0.1) is 0 Å². The Morgan fingerprint density at radius 2 is 1.75 bits per heavy atom. The second-order valence-electron chi connectivity index (χ2n) is 4.57. The lowest BCUT2D eigenvalue weighted by molar-refractivity contribution is -0.136. The molecule has 5 nitrogen and oxygen atoms in total. The first-order valence-corrected chi connectivity index (χ1v) is 7.63. The number of benzene rings is 2. The lowest BCUT2D eigenvalue weighted by atomic mass is 10.2. The molecular formula is C17H13Cl2N3O2. The van der Waals surface area contributed by atoms with Gasteiger partial charge in [0, 0.05) is 11.2 Å². The van der Waals surface area contributed by atoms with Crippen molar-refractivity contribution in [3.8, 4) is 0 Å². The molecule has 0 atom stereocenters. The number of nitrogens with one attached hydrogen (secondary N) is 2. The number of hydrogen-bond donors (Lipinski definition) is 2. The van der Waals surface area contributed by atoms with Crippen LogP contribution in [0.25, 0.3) is 6.08 Å². The van der Waals surface area contributed by atoms with Gasteiger partial charge < -0.3 is 5.32 Å². The van der Waals surface area contributed by atoms with Crippen LogP contribution in [-0.4, -0.2) is 18.0 Å². The third kappa shape index (κ3) is 5.53. The fourth-order valence-corrected chi connectivity index (χ4v) is 2.02. The molecule has 0 heterocycles. The lowest BCUT2D eigenvalue weighted by Gasteiger charge is -2.06. The maximum Gasteiger partial charge on any atom is 0.329 e. The number of allylic oxidation sites excluding steroid dienone is 1. The van der Waals surface area contributed by atoms with Crippen LogP contribution in [0.15, 0.2) is 59.7 Å². The van der Waals surface area contributed by atoms with Crippen LogP contribution in [0.4, 0.5) is 5.69 Å². The molecule has 0 aromatic heterocycles. The third-order valence-corrected chi connectivity index (χ3v) is 3.36. The van der Waals surface area contributed by atoms with Gasteiger partial charge in [0.15, 0.2) is 0 Å². The number of amides is 2. The van der Waals surface area contributed by atoms with Gasteiger partial charge in [0.2, 0.25) is 0 Å². The summed E-state index contributed by atoms with van der Waals surface area (Å²) in [6.45, 7) is 0. The van der Waals surface area contributed by atoms with Gasteiger partial charge in [-0.1, -0.05) is 59.6 Å². The summed E-state index contributed by atoms with van der Waals surface area (Å²) in [6, 6.07) is 14.1. The smallest absolute Gasteiger partial charge is 0.316 e. The highest BCUT2D eigenvalue weighted by molar-refractivity contribution is 6.42. The SMILES string of the molecule is O=C(N/N=C\C=C\c1ccccc1)C(=O)Nc1cc(Cl)ccc1Cl. The number of hydrogen-bond acceptors (Lipinski definition) is 3. The normalized spacial score (nSPS) is 10.9. The van der Waals surface area contributed by atoms with Crippen molar-refractivity contribution in [2.45, 2.75) is 0 Å². The van der Waals surface area contributed by atoms with E-state index in [0.29, 0.717) is 5.02 Å². The van der Waals surface area contributed by atoms with E-state index < -0.39 is 11.8 Å². The van der Waals surface area contributed by atoms with Crippen LogP contribution in [0.3, 0.4) is 0 Å². The number of rotatable bonds is 4. The molecule has 0 bridgehead atoms. The minimum absolute atomic E-state index is 0.247. The van der Waals surface area contributed by atoms with E-state index in [1.165, 1.54) is 18.3 Å². The number of nitrogens with zero attached hydrogens (tertiary/aromatic N) is 1. The summed E-state index contributed by atoms with van der Waals surface area (Å²) in [4.78, 5) is 23.4. The summed E-state index contributed by atoms with van der Waals surface area (Å²) in [5.74, 6) is -1.82. The van der Waals surface area contributed by atoms with E-state index in [-0.39, 0.29) is 10.7 Å². The molecule has 2 aromatic carbocycles. The summed E-state index contributed by atoms with van der Waals surface area (Å²) in [5.41, 5.74) is 3.35. The van der Waals surface area contributed by atoms with Crippen LogP contribution in [0.1, 0.15) is 5.56 Å². The van der Waals surface area contributed by atoms with E-state index in [1.54, 1.807) is 12.1 Å². The van der Waals surface area contributed by atoms with Gasteiger partial charge in [-0.25, -0.2) is 5.43 Å². The van der Waals surface area contributed by atoms with Gasteiger partial charge in [-0.2, -0.15) is 5.10 Å². The van der Waals surface area contributed by atoms with Gasteiger partial charge >= 0.3 is 11.8 Å². The number of carbonyl (C=O) groups is 2. The molecule has 2 amide bonds. The average molecular weight is 362 g/mol. The molecule has 0 aliphatic heterocycles. The maximum absolute atomic E-state index is 11.7. The van der Waals surface area contributed by atoms with Gasteiger partial charge in [0.25, 0.3) is 0 Å². The molecular weight excluding hydrogens is 349 g/mol. The Morgan fingerprint density at radius 3 is 2.50 bits per heavy atom. The van der Waals surface area contributed by atoms with Gasteiger partial charge in [0.05, 0.1) is 10.7 Å². The van der Waals surface area contributed by atoms with Crippen LogP contribution in [0.5, 0.6) is 0 Å². The van der Waals surface area contributed by atoms with Crippen molar-refractivity contribution in [3.63, 3.8) is 0 Å². The molecule has 0 saturated carbocycles. The van der Waals surface area contributed by atoms with Gasteiger partial charge in [0.1, 0.15) is 0 Å². The van der Waals surface area contributed by atoms with Crippen LogP contribution in [-0.2, 0) is 9.59 Å². The molecule has 0 aliphatic rings. The molecule has 0 radical (unpaired) electrons. The zero-order chi connectivity index (χ0) is 17.4. The first-order valence-electron chi connectivity index (χ1n) is 6.87. The predicted octanol–water partition coefficient (Wildman–Crippen LogP) is 3.75. The Morgan fingerprint density at radius 1 is 1.00 bits per heavy atom. The van der Waals surface area contributed by atoms with Crippen LogP contribution >= 0.6 is 23.2 Å². The average Bonchev–Trinajstić information content (AvgIpc) is 2.58. The summed E-state index contributed by atoms with van der Waals surface area (Å²) in [7, 11) is 0. The highest BCUT2D eigenvalue weighted by Crippen LogP contribution is 2.25. The zero-order valence-electron chi connectivity index (χ0n) is 12.4. The monoisotopic (exact) mass is 361 g/mol. The first-order chi connectivity index (χ1) is 11.6. The number of hydrazone groups is 1. The topological polar surface area (TPSA) is 70.6 Å². The molecule has 0 aliphatic carbocycles. The third-order valence-electron chi connectivity index (χ3n) is 2.80. The molecule has 24 heavy (non-hydrogen) atoms. The van der Waals surface area contributed by atoms with E-state index in [0.717, 1.165) is 5.56 Å². The highest BCUT2D eigenvalue weighted by Gasteiger charge is 2.14. The largest absolute Gasteiger partial charge is 0.329 e. The summed E-state index contributed by atoms with van der Waals surface area (Å²) >= 11 is 11.7. The molecule has 0 fully saturated rings. The molecule has 2 rings (SSSR count). The van der Waals surface area contributed by atoms with Gasteiger partial charge in [-0.15, -0.1) is 0 Å². The van der Waals surface area contributed by atoms with E-state index >= 15 is 0 Å². The van der Waals surface area contributed by atoms with E-state index in [2.05, 4.69) is 15.8 Å². The quantitative estimate of drug-likeness (QED) is 0.494. The van der Waals surface area contributed by atoms with Crippen LogP contribution in [0.2, 0.25) is 10.0 Å². The second-order valence-corrected chi connectivity index (χ2v) is 5.41. The molecule has 7 heteroatoms. The number of carbonyl (C=O) groups excluding carboxylic acids is 2. The standard InChI is InChI=1S/C17H13Cl2N3O2/c18-13-8-9-14(19)15(11-13)21-16(23)17(24)22-20-10-4-7-12-5-2-1-3-6-12/h1-11H,(H,21,23)(H,22,24)/b7-4+,20-10-. The number of halogens is 2. The Kier molecular flexibility index (Phi) is 6.54. The van der Waals surface area contributed by atoms with Gasteiger partial charge in [-0.05, 0) is 29.8 Å². The summed E-state index contributed by atoms with van der Waals surface area (Å²) < 4.78 is 0. The van der Waals surface area contributed by atoms with Crippen molar-refractivity contribution in [1.82, 2.24) is 5.43 Å². The highest BCUT2D eigenvalue weighted by atomic mass is 35.5. The van der Waals surface area contributed by atoms with E-state index in [1.807, 2.05) is 36.4 Å². The molecule has 122 valence electrons. The van der Waals surface area contributed by atoms with Crippen molar-refractivity contribution in [2.75, 3.05) is 5.32 Å². The maximum atomic E-state index is 11.7. The minimum atomic E-state index is -0.921. The minimum Gasteiger partial charge on any atom is -0.316 e. The van der Waals surface area contributed by atoms with Crippen molar-refractivity contribution < 1.29 is 9.59 Å². The molecule has 0 saturated heterocycles. The fraction of sp³-hybridized carbons (Fsp3) is 0. The van der Waals surface area contributed by atoms with Crippen molar-refractivity contribution in [1.29, 1.82) is 0 Å². The predicted molar refractivity (Wildman–Crippen MR) is 97.2 cm³/mol. The lowest BCUT2D eigenvalue weighted by Crippen LogP contribution is -2.32. The summed E-state index contributed by atoms with van der Waals surface area (Å²) in [5, 5.41) is 6.68. The van der Waals surface area contributed by atoms with E-state index in [9.17, 15) is 9.59 Å². The fourth-order valence-electron chi connectivity index (χ4n) is 1.68. The summed E-state index contributed by atoms with van der Waals surface area (Å²) in [6.07, 6.45) is 4.81. The Hall–Kier alpha value is -2.63. The second kappa shape index (κ2) is 8.86. The van der Waals surface area contributed by atoms with Crippen molar-refractivity contribution >= 4 is 53.0 Å². The first kappa shape index (κ1) is 17.7. The molecule has 2 aromatic rings. The van der Waals surface area contributed by atoms with Crippen molar-refractivity contribution in [2.24, 2.45) is 5.10 Å². The molecule has 0 spiro atoms. The van der Waals surface area contributed by atoms with E-state index in [4.69, 9.17) is 23.2 Å². The Bertz CT molecular complexity index is 790. The molecule has 0 unspecified atom stereocenters. The zero-order valence-corrected chi connectivity index (χ0v) is 13.9. The van der Waals surface area contributed by atoms with Crippen molar-refractivity contribution in [3.05, 3.63) is 70.2 Å².